The number of phenols is 1. The number of halogens is 2. The standard InChI is InChI=1S/C34H27BrN8O2S2.C22H20N6O2S2.C16H18N2O.C12H8N4O2S2.C11H9N3O2S.C7H7NO2.ClH/c1-3-43(4-2)28-17-13-26(14-18-28)40-42-34-36-32-30(46-34)21-31(47-32)41-39-24-9-5-22(6-10-24)33(44)45-29-19-15-27(16-20-29)38-37-25-11-7-23(35)8-12-25;1-3-28(4-2)17-11-9-16(10-12-17)25-27-22-23-20-18(31-22)13-19(32-20)26-24-15-7-5-14(6-8-15)21(29)30;1-2-3-4-13-5-7-14(8-6-13)17-18-15-9-11-16(19)12-10-15;13-12-14-10-8(19-12)5-9(20-10)16-15-7-3-1-6(2-4-7)11(17)18;12-9-5-6-10(17-9)14-13-8-3-1-7(2-4-8)11(15)16;8-6-3-1-5(2-4-6)7(9)10;/h5-21H,3-4H2,1-2H3;5-13H,3-4H2,1-2H3,(H,29,30);5-12,19H,2-4H2,1H3;1-5H,(H2,13,14)(H,17,18);1-6H,12H2,(H,15,16);1-4H,8H2,(H,9,10);1H. The average molecular weight is 2170 g/mol. The van der Waals surface area contributed by atoms with Gasteiger partial charge in [0.15, 0.2) is 5.13 Å². The second-order valence-electron chi connectivity index (χ2n) is 30.1. The van der Waals surface area contributed by atoms with E-state index in [2.05, 4.69) is 181 Å². The molecule has 0 spiro atoms. The van der Waals surface area contributed by atoms with Crippen LogP contribution in [0, 0.1) is 0 Å². The number of ether oxygens (including phenoxy) is 1. The van der Waals surface area contributed by atoms with Crippen molar-refractivity contribution >= 4 is 280 Å². The van der Waals surface area contributed by atoms with E-state index in [1.165, 1.54) is 158 Å². The van der Waals surface area contributed by atoms with Gasteiger partial charge in [-0.1, -0.05) is 121 Å². The molecular weight excluding hydrogens is 2080 g/mol. The van der Waals surface area contributed by atoms with Gasteiger partial charge >= 0.3 is 29.8 Å². The third-order valence-electron chi connectivity index (χ3n) is 20.0. The lowest BCUT2D eigenvalue weighted by molar-refractivity contribution is 0.0686. The van der Waals surface area contributed by atoms with Crippen LogP contribution in [-0.2, 0) is 6.42 Å². The second-order valence-corrected chi connectivity index (χ2v) is 38.3. The number of aromatic carboxylic acids is 4. The van der Waals surface area contributed by atoms with Crippen molar-refractivity contribution in [3.8, 4) is 11.5 Å². The molecule has 0 radical (unpaired) electrons. The van der Waals surface area contributed by atoms with E-state index in [9.17, 15) is 29.1 Å². The maximum Gasteiger partial charge on any atom is 0.343 e. The first-order valence-electron chi connectivity index (χ1n) is 44.3. The van der Waals surface area contributed by atoms with Crippen LogP contribution in [0.25, 0.3) is 28.6 Å². The number of phenolic OH excluding ortho intramolecular Hbond substituents is 1. The number of hydrogen-bond acceptors (Lipinski definition) is 38. The van der Waals surface area contributed by atoms with Gasteiger partial charge in [0.05, 0.1) is 104 Å². The first-order valence-corrected chi connectivity index (χ1v) is 50.8. The highest BCUT2D eigenvalue weighted by atomic mass is 79.9. The summed E-state index contributed by atoms with van der Waals surface area (Å²) < 4.78 is 9.40. The molecule has 740 valence electrons. The van der Waals surface area contributed by atoms with Crippen LogP contribution in [0.2, 0.25) is 0 Å². The molecule has 0 fully saturated rings. The first kappa shape index (κ1) is 108. The number of carboxylic acid groups (broad SMARTS) is 4. The summed E-state index contributed by atoms with van der Waals surface area (Å²) in [5, 5.41) is 116. The minimum Gasteiger partial charge on any atom is -0.508 e. The third-order valence-corrected chi connectivity index (χ3v) is 27.1. The number of anilines is 5. The Labute approximate surface area is 878 Å². The van der Waals surface area contributed by atoms with Crippen LogP contribution in [-0.4, -0.2) is 96.5 Å². The minimum absolute atomic E-state index is 0. The van der Waals surface area contributed by atoms with Gasteiger partial charge in [-0.05, 0) is 331 Å². The Morgan fingerprint density at radius 3 is 0.966 bits per heavy atom. The fourth-order valence-corrected chi connectivity index (χ4v) is 18.8. The van der Waals surface area contributed by atoms with E-state index in [0.29, 0.717) is 70.8 Å². The fourth-order valence-electron chi connectivity index (χ4n) is 12.5. The topological polar surface area (TPSA) is 517 Å². The smallest absolute Gasteiger partial charge is 0.343 e. The normalized spacial score (nSPS) is 11.2. The summed E-state index contributed by atoms with van der Waals surface area (Å²) in [7, 11) is 0. The molecule has 0 unspecified atom stereocenters. The van der Waals surface area contributed by atoms with Crippen LogP contribution in [0.15, 0.2) is 384 Å². The molecule has 18 aromatic rings. The number of rotatable bonds is 31. The van der Waals surface area contributed by atoms with Crippen molar-refractivity contribution in [1.82, 2.24) is 15.0 Å². The van der Waals surface area contributed by atoms with E-state index in [1.807, 2.05) is 91.0 Å². The summed E-state index contributed by atoms with van der Waals surface area (Å²) in [6.45, 7) is 14.6. The van der Waals surface area contributed by atoms with Crippen molar-refractivity contribution in [3.63, 3.8) is 0 Å². The van der Waals surface area contributed by atoms with E-state index < -0.39 is 29.8 Å². The summed E-state index contributed by atoms with van der Waals surface area (Å²) >= 11 is 13.3. The Hall–Kier alpha value is -16.4. The number of fused-ring (bicyclic) bond motifs is 3. The predicted molar refractivity (Wildman–Crippen MR) is 589 cm³/mol. The van der Waals surface area contributed by atoms with Gasteiger partial charge in [-0.2, -0.15) is 20.5 Å². The van der Waals surface area contributed by atoms with Gasteiger partial charge in [0.1, 0.15) is 46.0 Å². The van der Waals surface area contributed by atoms with Gasteiger partial charge in [-0.15, -0.1) is 73.8 Å². The second kappa shape index (κ2) is 54.7. The molecule has 7 aromatic heterocycles. The van der Waals surface area contributed by atoms with Crippen LogP contribution >= 0.6 is 108 Å². The number of benzene rings is 11. The Morgan fingerprint density at radius 1 is 0.329 bits per heavy atom. The largest absolute Gasteiger partial charge is 0.508 e. The molecule has 0 aliphatic carbocycles. The lowest BCUT2D eigenvalue weighted by atomic mass is 10.1. The van der Waals surface area contributed by atoms with Crippen LogP contribution in [0.4, 0.5) is 114 Å². The lowest BCUT2D eigenvalue weighted by Gasteiger charge is -2.20. The first-order chi connectivity index (χ1) is 70.2. The van der Waals surface area contributed by atoms with E-state index >= 15 is 0 Å². The number of unbranched alkanes of at least 4 members (excludes halogenated alkanes) is 1. The third kappa shape index (κ3) is 33.6. The summed E-state index contributed by atoms with van der Waals surface area (Å²) in [5.41, 5.74) is 28.9. The van der Waals surface area contributed by atoms with Crippen molar-refractivity contribution in [3.05, 3.63) is 335 Å². The van der Waals surface area contributed by atoms with Gasteiger partial charge in [0.25, 0.3) is 0 Å². The molecule has 7 heterocycles. The average Bonchev–Trinajstić information content (AvgIpc) is 1.68. The van der Waals surface area contributed by atoms with Crippen molar-refractivity contribution in [2.45, 2.75) is 53.9 Å². The quantitative estimate of drug-likeness (QED) is 0.00866. The summed E-state index contributed by atoms with van der Waals surface area (Å²) in [4.78, 5) is 75.5. The van der Waals surface area contributed by atoms with E-state index in [0.717, 1.165) is 109 Å². The highest BCUT2D eigenvalue weighted by Gasteiger charge is 2.16. The van der Waals surface area contributed by atoms with Crippen LogP contribution in [0.3, 0.4) is 0 Å². The van der Waals surface area contributed by atoms with Crippen molar-refractivity contribution in [1.29, 1.82) is 0 Å². The van der Waals surface area contributed by atoms with Crippen molar-refractivity contribution in [2.24, 2.45) is 81.8 Å². The SMILES string of the molecule is CCCCc1ccc(N=Nc2ccc(O)cc2)cc1.CCN(CC)c1ccc(N=Nc2nc3sc(N=Nc4ccc(C(=O)O)cc4)cc3s2)cc1.CCN(CC)c1ccc(N=Nc2nc3sc(N=Nc4ccc(C(=O)Oc5ccc(N=Nc6ccc(Br)cc6)cc5)cc4)cc3s2)cc1.Cl.Nc1ccc(C(=O)O)cc1.Nc1ccc(N=Nc2ccc(C(=O)O)cc2)s1.Nc1nc2sc(N=Nc3ccc(C(=O)O)cc3)cc2s1. The Bertz CT molecular complexity index is 7540. The Kier molecular flexibility index (Phi) is 40.7. The van der Waals surface area contributed by atoms with Gasteiger partial charge in [0, 0.05) is 47.7 Å². The number of aromatic nitrogens is 3. The molecular formula is C102H90BrClN24O11S7. The monoisotopic (exact) mass is 2160 g/mol. The van der Waals surface area contributed by atoms with E-state index in [-0.39, 0.29) is 40.4 Å². The highest BCUT2D eigenvalue weighted by Crippen LogP contribution is 2.43. The number of thiophene rings is 4. The van der Waals surface area contributed by atoms with Gasteiger partial charge in [-0.3, -0.25) is 0 Å². The number of esters is 1. The minimum atomic E-state index is -0.970. The number of hydrogen-bond donors (Lipinski definition) is 8. The molecule has 0 amide bonds. The van der Waals surface area contributed by atoms with E-state index in [1.54, 1.807) is 133 Å². The number of nitrogens with two attached hydrogens (primary N) is 3. The molecule has 146 heavy (non-hydrogen) atoms. The number of thiazole rings is 3. The molecule has 11 N–H and O–H groups in total. The Morgan fingerprint density at radius 2 is 0.630 bits per heavy atom. The molecule has 44 heteroatoms. The number of carboxylic acids is 4. The molecule has 11 aromatic carbocycles. The molecule has 35 nitrogen and oxygen atoms in total. The number of nitrogen functional groups attached to an aromatic ring is 3. The molecule has 0 saturated heterocycles. The molecule has 0 aliphatic rings. The zero-order chi connectivity index (χ0) is 103. The van der Waals surface area contributed by atoms with Crippen LogP contribution < -0.4 is 31.7 Å². The zero-order valence-electron chi connectivity index (χ0n) is 78.2. The molecule has 0 bridgehead atoms. The number of aryl methyl sites for hydroxylation is 1. The Balaban J connectivity index is 0.000000166. The van der Waals surface area contributed by atoms with Gasteiger partial charge in [0.2, 0.25) is 10.3 Å². The van der Waals surface area contributed by atoms with Gasteiger partial charge in [-0.25, -0.2) is 38.9 Å². The number of carbonyl (C=O) groups excluding carboxylic acids is 1. The van der Waals surface area contributed by atoms with E-state index in [4.69, 9.17) is 42.4 Å². The number of carbonyl (C=O) groups is 5. The molecule has 0 atom stereocenters. The predicted octanol–water partition coefficient (Wildman–Crippen LogP) is 34.2. The maximum absolute atomic E-state index is 12.7. The summed E-state index contributed by atoms with van der Waals surface area (Å²) in [6.07, 6.45) is 3.54. The van der Waals surface area contributed by atoms with Crippen molar-refractivity contribution < 1.29 is 54.2 Å². The fraction of sp³-hybridized carbons (Fsp3) is 0.118. The summed E-state index contributed by atoms with van der Waals surface area (Å²) in [6, 6.07) is 85.8. The van der Waals surface area contributed by atoms with Gasteiger partial charge < -0.3 is 57.3 Å². The number of nitrogens with zero attached hydrogens (tertiary/aromatic N) is 21. The number of azo groups is 8. The molecule has 18 rings (SSSR count). The maximum atomic E-state index is 12.7. The highest BCUT2D eigenvalue weighted by molar-refractivity contribution is 9.10. The zero-order valence-corrected chi connectivity index (χ0v) is 86.3. The van der Waals surface area contributed by atoms with Crippen LogP contribution in [0.5, 0.6) is 11.5 Å². The molecule has 0 saturated carbocycles. The van der Waals surface area contributed by atoms with Crippen LogP contribution in [0.1, 0.15) is 105 Å². The lowest BCUT2D eigenvalue weighted by Crippen LogP contribution is -2.21. The summed E-state index contributed by atoms with van der Waals surface area (Å²) in [5.74, 6) is -3.66. The molecule has 0 aliphatic heterocycles. The van der Waals surface area contributed by atoms with Crippen molar-refractivity contribution in [2.75, 3.05) is 53.2 Å². The number of aromatic hydroxyl groups is 1.